The van der Waals surface area contributed by atoms with Gasteiger partial charge in [0.05, 0.1) is 21.7 Å². The van der Waals surface area contributed by atoms with Crippen LogP contribution in [0.1, 0.15) is 17.3 Å². The van der Waals surface area contributed by atoms with Gasteiger partial charge in [-0.25, -0.2) is 13.4 Å². The molecule has 0 aliphatic rings. The lowest BCUT2D eigenvalue weighted by atomic mass is 10.2. The highest BCUT2D eigenvalue weighted by molar-refractivity contribution is 7.89. The molecule has 1 N–H and O–H groups in total. The van der Waals surface area contributed by atoms with Gasteiger partial charge in [0.15, 0.2) is 5.13 Å². The normalized spacial score (nSPS) is 11.7. The van der Waals surface area contributed by atoms with E-state index in [1.165, 1.54) is 39.9 Å². The molecule has 0 unspecified atom stereocenters. The Morgan fingerprint density at radius 2 is 1.81 bits per heavy atom. The SMILES string of the molecule is CCOc1ccc2nc(NC(=O)c3ccc(S(=O)(=O)N(CCCl)CCCl)cc3)sc2c1. The highest BCUT2D eigenvalue weighted by atomic mass is 35.5. The molecule has 0 radical (unpaired) electrons. The Labute approximate surface area is 195 Å². The van der Waals surface area contributed by atoms with Crippen molar-refractivity contribution in [3.8, 4) is 5.75 Å². The van der Waals surface area contributed by atoms with Gasteiger partial charge in [0.1, 0.15) is 5.75 Å². The zero-order chi connectivity index (χ0) is 22.4. The van der Waals surface area contributed by atoms with Crippen LogP contribution in [0.15, 0.2) is 47.4 Å². The Hall–Kier alpha value is -1.91. The van der Waals surface area contributed by atoms with Gasteiger partial charge in [0, 0.05) is 30.4 Å². The summed E-state index contributed by atoms with van der Waals surface area (Å²) in [7, 11) is -3.74. The number of nitrogens with zero attached hydrogens (tertiary/aromatic N) is 2. The smallest absolute Gasteiger partial charge is 0.257 e. The molecule has 1 aromatic heterocycles. The van der Waals surface area contributed by atoms with Gasteiger partial charge in [-0.1, -0.05) is 11.3 Å². The molecule has 0 aliphatic carbocycles. The third kappa shape index (κ3) is 5.67. The zero-order valence-electron chi connectivity index (χ0n) is 16.7. The van der Waals surface area contributed by atoms with Crippen LogP contribution in [0.2, 0.25) is 0 Å². The van der Waals surface area contributed by atoms with Crippen molar-refractivity contribution >= 4 is 65.8 Å². The minimum atomic E-state index is -3.74. The van der Waals surface area contributed by atoms with E-state index in [0.29, 0.717) is 17.3 Å². The third-order valence-corrected chi connectivity index (χ3v) is 7.50. The molecule has 0 spiro atoms. The summed E-state index contributed by atoms with van der Waals surface area (Å²) in [5.41, 5.74) is 1.07. The summed E-state index contributed by atoms with van der Waals surface area (Å²) >= 11 is 12.7. The topological polar surface area (TPSA) is 88.6 Å². The van der Waals surface area contributed by atoms with Crippen molar-refractivity contribution in [1.82, 2.24) is 9.29 Å². The van der Waals surface area contributed by atoms with E-state index in [-0.39, 0.29) is 35.7 Å². The Bertz CT molecular complexity index is 1140. The molecular weight excluding hydrogens is 481 g/mol. The summed E-state index contributed by atoms with van der Waals surface area (Å²) in [5.74, 6) is 0.674. The first kappa shape index (κ1) is 23.7. The number of hydrogen-bond acceptors (Lipinski definition) is 6. The maximum atomic E-state index is 12.7. The van der Waals surface area contributed by atoms with E-state index in [1.807, 2.05) is 25.1 Å². The van der Waals surface area contributed by atoms with E-state index in [4.69, 9.17) is 27.9 Å². The zero-order valence-corrected chi connectivity index (χ0v) is 19.8. The van der Waals surface area contributed by atoms with Crippen LogP contribution in [0, 0.1) is 0 Å². The fraction of sp³-hybridized carbons (Fsp3) is 0.300. The molecule has 1 heterocycles. The number of rotatable bonds is 10. The molecule has 3 aromatic rings. The molecule has 2 aromatic carbocycles. The Kier molecular flexibility index (Phi) is 8.12. The van der Waals surface area contributed by atoms with Crippen LogP contribution < -0.4 is 10.1 Å². The Morgan fingerprint density at radius 3 is 2.42 bits per heavy atom. The van der Waals surface area contributed by atoms with E-state index in [2.05, 4.69) is 10.3 Å². The van der Waals surface area contributed by atoms with Crippen molar-refractivity contribution in [2.75, 3.05) is 36.8 Å². The van der Waals surface area contributed by atoms with Crippen molar-refractivity contribution in [3.05, 3.63) is 48.0 Å². The van der Waals surface area contributed by atoms with E-state index in [1.54, 1.807) is 0 Å². The summed E-state index contributed by atoms with van der Waals surface area (Å²) in [6, 6.07) is 11.2. The minimum Gasteiger partial charge on any atom is -0.494 e. The number of anilines is 1. The minimum absolute atomic E-state index is 0.0720. The van der Waals surface area contributed by atoms with Crippen molar-refractivity contribution in [3.63, 3.8) is 0 Å². The van der Waals surface area contributed by atoms with E-state index < -0.39 is 10.0 Å². The van der Waals surface area contributed by atoms with Crippen LogP contribution >= 0.6 is 34.5 Å². The van der Waals surface area contributed by atoms with Gasteiger partial charge >= 0.3 is 0 Å². The fourth-order valence-corrected chi connectivity index (χ4v) is 5.79. The number of alkyl halides is 2. The highest BCUT2D eigenvalue weighted by Crippen LogP contribution is 2.29. The number of nitrogens with one attached hydrogen (secondary N) is 1. The largest absolute Gasteiger partial charge is 0.494 e. The predicted molar refractivity (Wildman–Crippen MR) is 125 cm³/mol. The molecule has 11 heteroatoms. The van der Waals surface area contributed by atoms with Gasteiger partial charge < -0.3 is 4.74 Å². The first-order valence-electron chi connectivity index (χ1n) is 9.46. The molecular formula is C20H21Cl2N3O4S2. The number of fused-ring (bicyclic) bond motifs is 1. The van der Waals surface area contributed by atoms with Crippen molar-refractivity contribution in [2.45, 2.75) is 11.8 Å². The number of carbonyl (C=O) groups is 1. The molecule has 0 bridgehead atoms. The van der Waals surface area contributed by atoms with E-state index >= 15 is 0 Å². The molecule has 0 saturated carbocycles. The first-order chi connectivity index (χ1) is 14.9. The second-order valence-corrected chi connectivity index (χ2v) is 10.1. The quantitative estimate of drug-likeness (QED) is 0.415. The summed E-state index contributed by atoms with van der Waals surface area (Å²) in [4.78, 5) is 17.1. The Balaban J connectivity index is 1.75. The first-order valence-corrected chi connectivity index (χ1v) is 12.8. The van der Waals surface area contributed by atoms with Crippen molar-refractivity contribution in [1.29, 1.82) is 0 Å². The second kappa shape index (κ2) is 10.6. The molecule has 0 saturated heterocycles. The van der Waals surface area contributed by atoms with Gasteiger partial charge in [0.2, 0.25) is 10.0 Å². The monoisotopic (exact) mass is 501 g/mol. The van der Waals surface area contributed by atoms with Crippen molar-refractivity contribution < 1.29 is 17.9 Å². The highest BCUT2D eigenvalue weighted by Gasteiger charge is 2.23. The number of ether oxygens (including phenoxy) is 1. The van der Waals surface area contributed by atoms with Crippen LogP contribution in [0.3, 0.4) is 0 Å². The summed E-state index contributed by atoms with van der Waals surface area (Å²) in [5, 5.41) is 3.20. The maximum absolute atomic E-state index is 12.7. The molecule has 7 nitrogen and oxygen atoms in total. The molecule has 166 valence electrons. The molecule has 3 rings (SSSR count). The number of halogens is 2. The number of amides is 1. The number of hydrogen-bond donors (Lipinski definition) is 1. The number of aromatic nitrogens is 1. The lowest BCUT2D eigenvalue weighted by Gasteiger charge is -2.20. The molecule has 1 amide bonds. The average Bonchev–Trinajstić information content (AvgIpc) is 3.15. The molecule has 31 heavy (non-hydrogen) atoms. The van der Waals surface area contributed by atoms with E-state index in [0.717, 1.165) is 16.0 Å². The van der Waals surface area contributed by atoms with Gasteiger partial charge in [-0.05, 0) is 49.4 Å². The van der Waals surface area contributed by atoms with Gasteiger partial charge in [-0.3, -0.25) is 10.1 Å². The lowest BCUT2D eigenvalue weighted by molar-refractivity contribution is 0.102. The van der Waals surface area contributed by atoms with Crippen LogP contribution in [-0.4, -0.2) is 55.1 Å². The summed E-state index contributed by atoms with van der Waals surface area (Å²) in [6.45, 7) is 2.78. The molecule has 0 fully saturated rings. The van der Waals surface area contributed by atoms with Crippen LogP contribution in [0.25, 0.3) is 10.2 Å². The predicted octanol–water partition coefficient (Wildman–Crippen LogP) is 4.42. The number of carbonyl (C=O) groups excluding carboxylic acids is 1. The molecule has 0 atom stereocenters. The average molecular weight is 502 g/mol. The second-order valence-electron chi connectivity index (χ2n) is 6.34. The van der Waals surface area contributed by atoms with Gasteiger partial charge in [0.25, 0.3) is 5.91 Å². The third-order valence-electron chi connectivity index (χ3n) is 4.31. The molecule has 0 aliphatic heterocycles. The number of sulfonamides is 1. The number of benzene rings is 2. The Morgan fingerprint density at radius 1 is 1.13 bits per heavy atom. The van der Waals surface area contributed by atoms with Crippen LogP contribution in [-0.2, 0) is 10.0 Å². The summed E-state index contributed by atoms with van der Waals surface area (Å²) in [6.07, 6.45) is 0. The van der Waals surface area contributed by atoms with Crippen molar-refractivity contribution in [2.24, 2.45) is 0 Å². The van der Waals surface area contributed by atoms with Crippen LogP contribution in [0.5, 0.6) is 5.75 Å². The fourth-order valence-electron chi connectivity index (χ4n) is 2.85. The van der Waals surface area contributed by atoms with E-state index in [9.17, 15) is 13.2 Å². The number of thiazole rings is 1. The van der Waals surface area contributed by atoms with Gasteiger partial charge in [-0.15, -0.1) is 23.2 Å². The van der Waals surface area contributed by atoms with Gasteiger partial charge in [-0.2, -0.15) is 4.31 Å². The lowest BCUT2D eigenvalue weighted by Crippen LogP contribution is -2.34. The summed E-state index contributed by atoms with van der Waals surface area (Å²) < 4.78 is 33.1. The van der Waals surface area contributed by atoms with Crippen LogP contribution in [0.4, 0.5) is 5.13 Å². The maximum Gasteiger partial charge on any atom is 0.257 e. The standard InChI is InChI=1S/C20H21Cl2N3O4S2/c1-2-29-15-5-8-17-18(13-15)30-20(23-17)24-19(26)14-3-6-16(7-4-14)31(27,28)25(11-9-21)12-10-22/h3-8,13H,2,9-12H2,1H3,(H,23,24,26).